The molecule has 0 aromatic heterocycles. The molecule has 6 nitrogen and oxygen atoms in total. The Bertz CT molecular complexity index is 421. The Labute approximate surface area is 105 Å². The van der Waals surface area contributed by atoms with E-state index in [1.54, 1.807) is 12.1 Å². The van der Waals surface area contributed by atoms with Gasteiger partial charge in [-0.1, -0.05) is 12.1 Å². The van der Waals surface area contributed by atoms with Gasteiger partial charge in [-0.3, -0.25) is 4.79 Å². The second-order valence-corrected chi connectivity index (χ2v) is 3.65. The highest BCUT2D eigenvalue weighted by Crippen LogP contribution is 2.08. The molecule has 0 saturated heterocycles. The van der Waals surface area contributed by atoms with Crippen LogP contribution in [0.3, 0.4) is 0 Å². The first kappa shape index (κ1) is 14.1. The van der Waals surface area contributed by atoms with Crippen molar-refractivity contribution in [3.8, 4) is 0 Å². The van der Waals surface area contributed by atoms with Crippen LogP contribution in [0.2, 0.25) is 0 Å². The van der Waals surface area contributed by atoms with Crippen molar-refractivity contribution in [1.82, 2.24) is 10.6 Å². The molecule has 0 bridgehead atoms. The topological polar surface area (TPSA) is 104 Å². The first-order chi connectivity index (χ1) is 8.66. The SMILES string of the molecule is NCCNCCNC(=O)c1ccccc1C(=O)O. The number of nitrogens with two attached hydrogens (primary N) is 1. The molecule has 1 aromatic rings. The van der Waals surface area contributed by atoms with Crippen molar-refractivity contribution < 1.29 is 14.7 Å². The summed E-state index contributed by atoms with van der Waals surface area (Å²) in [4.78, 5) is 22.7. The summed E-state index contributed by atoms with van der Waals surface area (Å²) in [7, 11) is 0. The summed E-state index contributed by atoms with van der Waals surface area (Å²) in [5.74, 6) is -1.50. The molecule has 0 saturated carbocycles. The van der Waals surface area contributed by atoms with Crippen molar-refractivity contribution in [2.75, 3.05) is 26.2 Å². The number of aromatic carboxylic acids is 1. The third kappa shape index (κ3) is 4.15. The van der Waals surface area contributed by atoms with Crippen molar-refractivity contribution >= 4 is 11.9 Å². The van der Waals surface area contributed by atoms with E-state index in [1.165, 1.54) is 12.1 Å². The van der Waals surface area contributed by atoms with E-state index in [4.69, 9.17) is 10.8 Å². The monoisotopic (exact) mass is 251 g/mol. The Morgan fingerprint density at radius 2 is 1.78 bits per heavy atom. The van der Waals surface area contributed by atoms with Gasteiger partial charge in [0.25, 0.3) is 5.91 Å². The third-order valence-electron chi connectivity index (χ3n) is 2.31. The van der Waals surface area contributed by atoms with Crippen LogP contribution in [-0.4, -0.2) is 43.2 Å². The first-order valence-corrected chi connectivity index (χ1v) is 5.68. The van der Waals surface area contributed by atoms with E-state index in [2.05, 4.69) is 10.6 Å². The molecule has 0 fully saturated rings. The van der Waals surface area contributed by atoms with E-state index in [1.807, 2.05) is 0 Å². The average molecular weight is 251 g/mol. The molecule has 1 aromatic carbocycles. The Kier molecular flexibility index (Phi) is 5.83. The highest BCUT2D eigenvalue weighted by atomic mass is 16.4. The number of carbonyl (C=O) groups is 2. The summed E-state index contributed by atoms with van der Waals surface area (Å²) >= 11 is 0. The summed E-state index contributed by atoms with van der Waals surface area (Å²) in [5.41, 5.74) is 5.47. The van der Waals surface area contributed by atoms with Gasteiger partial charge in [0.1, 0.15) is 0 Å². The van der Waals surface area contributed by atoms with Gasteiger partial charge in [-0.2, -0.15) is 0 Å². The van der Waals surface area contributed by atoms with Crippen molar-refractivity contribution in [1.29, 1.82) is 0 Å². The van der Waals surface area contributed by atoms with Crippen LogP contribution in [0.25, 0.3) is 0 Å². The summed E-state index contributed by atoms with van der Waals surface area (Å²) < 4.78 is 0. The number of carbonyl (C=O) groups excluding carboxylic acids is 1. The molecule has 0 aliphatic rings. The van der Waals surface area contributed by atoms with Crippen LogP contribution in [-0.2, 0) is 0 Å². The van der Waals surface area contributed by atoms with Crippen LogP contribution in [0.5, 0.6) is 0 Å². The van der Waals surface area contributed by atoms with E-state index in [0.717, 1.165) is 0 Å². The molecule has 0 radical (unpaired) electrons. The fourth-order valence-corrected chi connectivity index (χ4v) is 1.45. The van der Waals surface area contributed by atoms with Gasteiger partial charge in [-0.15, -0.1) is 0 Å². The van der Waals surface area contributed by atoms with Gasteiger partial charge in [0.15, 0.2) is 0 Å². The van der Waals surface area contributed by atoms with Crippen molar-refractivity contribution in [3.05, 3.63) is 35.4 Å². The second kappa shape index (κ2) is 7.41. The number of hydrogen-bond acceptors (Lipinski definition) is 4. The summed E-state index contributed by atoms with van der Waals surface area (Å²) in [5, 5.41) is 14.6. The molecule has 0 spiro atoms. The number of amides is 1. The molecule has 0 heterocycles. The lowest BCUT2D eigenvalue weighted by Gasteiger charge is -2.08. The fourth-order valence-electron chi connectivity index (χ4n) is 1.45. The van der Waals surface area contributed by atoms with E-state index >= 15 is 0 Å². The maximum Gasteiger partial charge on any atom is 0.336 e. The number of rotatable bonds is 7. The predicted octanol–water partition coefficient (Wildman–Crippen LogP) is -0.337. The van der Waals surface area contributed by atoms with Crippen LogP contribution in [0.15, 0.2) is 24.3 Å². The molecule has 0 aliphatic heterocycles. The van der Waals surface area contributed by atoms with Crippen LogP contribution in [0, 0.1) is 0 Å². The summed E-state index contributed by atoms with van der Waals surface area (Å²) in [6.45, 7) is 2.24. The predicted molar refractivity (Wildman–Crippen MR) is 67.7 cm³/mol. The minimum absolute atomic E-state index is 0.00455. The zero-order valence-corrected chi connectivity index (χ0v) is 9.98. The largest absolute Gasteiger partial charge is 0.478 e. The van der Waals surface area contributed by atoms with E-state index in [9.17, 15) is 9.59 Å². The van der Waals surface area contributed by atoms with Crippen LogP contribution in [0.1, 0.15) is 20.7 Å². The Morgan fingerprint density at radius 3 is 2.39 bits per heavy atom. The lowest BCUT2D eigenvalue weighted by Crippen LogP contribution is -2.34. The molecule has 1 amide bonds. The van der Waals surface area contributed by atoms with E-state index in [0.29, 0.717) is 26.2 Å². The Hall–Kier alpha value is -1.92. The van der Waals surface area contributed by atoms with E-state index < -0.39 is 5.97 Å². The quantitative estimate of drug-likeness (QED) is 0.496. The molecule has 1 rings (SSSR count). The normalized spacial score (nSPS) is 10.1. The van der Waals surface area contributed by atoms with Gasteiger partial charge in [0.2, 0.25) is 0 Å². The molecule has 98 valence electrons. The standard InChI is InChI=1S/C12H17N3O3/c13-5-6-14-7-8-15-11(16)9-3-1-2-4-10(9)12(17)18/h1-4,14H,5-8,13H2,(H,15,16)(H,17,18). The molecule has 18 heavy (non-hydrogen) atoms. The Balaban J connectivity index is 2.54. The fraction of sp³-hybridized carbons (Fsp3) is 0.333. The van der Waals surface area contributed by atoms with E-state index in [-0.39, 0.29) is 17.0 Å². The van der Waals surface area contributed by atoms with Crippen molar-refractivity contribution in [2.45, 2.75) is 0 Å². The first-order valence-electron chi connectivity index (χ1n) is 5.68. The maximum atomic E-state index is 11.8. The maximum absolute atomic E-state index is 11.8. The lowest BCUT2D eigenvalue weighted by molar-refractivity contribution is 0.0691. The van der Waals surface area contributed by atoms with Crippen molar-refractivity contribution in [3.63, 3.8) is 0 Å². The molecule has 0 unspecified atom stereocenters. The van der Waals surface area contributed by atoms with Gasteiger partial charge in [-0.05, 0) is 12.1 Å². The second-order valence-electron chi connectivity index (χ2n) is 3.65. The minimum atomic E-state index is -1.11. The molecule has 0 atom stereocenters. The molecular weight excluding hydrogens is 234 g/mol. The molecule has 6 heteroatoms. The van der Waals surface area contributed by atoms with Gasteiger partial charge < -0.3 is 21.5 Å². The van der Waals surface area contributed by atoms with Crippen LogP contribution >= 0.6 is 0 Å². The smallest absolute Gasteiger partial charge is 0.336 e. The number of hydrogen-bond donors (Lipinski definition) is 4. The van der Waals surface area contributed by atoms with Crippen LogP contribution in [0.4, 0.5) is 0 Å². The van der Waals surface area contributed by atoms with Crippen molar-refractivity contribution in [2.24, 2.45) is 5.73 Å². The highest BCUT2D eigenvalue weighted by molar-refractivity contribution is 6.04. The molecule has 0 aliphatic carbocycles. The minimum Gasteiger partial charge on any atom is -0.478 e. The van der Waals surface area contributed by atoms with Gasteiger partial charge in [0.05, 0.1) is 11.1 Å². The third-order valence-corrected chi connectivity index (χ3v) is 2.31. The van der Waals surface area contributed by atoms with Gasteiger partial charge >= 0.3 is 5.97 Å². The van der Waals surface area contributed by atoms with Gasteiger partial charge in [-0.25, -0.2) is 4.79 Å². The molecular formula is C12H17N3O3. The van der Waals surface area contributed by atoms with Crippen LogP contribution < -0.4 is 16.4 Å². The Morgan fingerprint density at radius 1 is 1.11 bits per heavy atom. The number of carboxylic acids is 1. The number of nitrogens with one attached hydrogen (secondary N) is 2. The summed E-state index contributed by atoms with van der Waals surface area (Å²) in [6.07, 6.45) is 0. The molecule has 5 N–H and O–H groups in total. The summed E-state index contributed by atoms with van der Waals surface area (Å²) in [6, 6.07) is 6.12. The highest BCUT2D eigenvalue weighted by Gasteiger charge is 2.14. The number of benzene rings is 1. The van der Waals surface area contributed by atoms with Gasteiger partial charge in [0, 0.05) is 26.2 Å². The average Bonchev–Trinajstić information content (AvgIpc) is 2.38. The zero-order valence-electron chi connectivity index (χ0n) is 9.98. The zero-order chi connectivity index (χ0) is 13.4. The lowest BCUT2D eigenvalue weighted by atomic mass is 10.1. The number of carboxylic acid groups (broad SMARTS) is 1.